The van der Waals surface area contributed by atoms with Gasteiger partial charge in [-0.05, 0) is 31.2 Å². The van der Waals surface area contributed by atoms with E-state index in [0.717, 1.165) is 16.9 Å². The van der Waals surface area contributed by atoms with Crippen molar-refractivity contribution in [3.63, 3.8) is 0 Å². The number of nitrogens with zero attached hydrogens (tertiary/aromatic N) is 1. The first-order valence-electron chi connectivity index (χ1n) is 7.15. The number of benzene rings is 2. The van der Waals surface area contributed by atoms with E-state index >= 15 is 0 Å². The summed E-state index contributed by atoms with van der Waals surface area (Å²) in [7, 11) is 0. The molecule has 0 radical (unpaired) electrons. The highest BCUT2D eigenvalue weighted by atomic mass is 16.5. The summed E-state index contributed by atoms with van der Waals surface area (Å²) in [4.78, 5) is 19.6. The van der Waals surface area contributed by atoms with E-state index in [1.807, 2.05) is 54.6 Å². The largest absolute Gasteiger partial charge is 0.481 e. The number of aromatic nitrogens is 2. The van der Waals surface area contributed by atoms with Crippen LogP contribution in [0.5, 0.6) is 5.75 Å². The minimum absolute atomic E-state index is 0.177. The predicted octanol–water partition coefficient (Wildman–Crippen LogP) is 2.65. The van der Waals surface area contributed by atoms with Gasteiger partial charge >= 0.3 is 0 Å². The molecule has 22 heavy (non-hydrogen) atoms. The summed E-state index contributed by atoms with van der Waals surface area (Å²) in [5.41, 5.74) is 1.85. The molecule has 0 saturated heterocycles. The van der Waals surface area contributed by atoms with Crippen molar-refractivity contribution in [2.75, 3.05) is 0 Å². The molecule has 0 fully saturated rings. The standard InChI is InChI=1S/C17H17N3O2/c1-12(22-13-7-3-2-4-8-13)17(21)18-11-16-19-14-9-5-6-10-15(14)20-16/h2-10,12H,11H2,1H3,(H,18,21)(H,19,20). The summed E-state index contributed by atoms with van der Waals surface area (Å²) in [5, 5.41) is 2.82. The Bertz CT molecular complexity index is 735. The monoisotopic (exact) mass is 295 g/mol. The van der Waals surface area contributed by atoms with Crippen LogP contribution >= 0.6 is 0 Å². The number of nitrogens with one attached hydrogen (secondary N) is 2. The Balaban J connectivity index is 1.57. The van der Waals surface area contributed by atoms with E-state index in [9.17, 15) is 4.79 Å². The Labute approximate surface area is 128 Å². The number of hydrogen-bond acceptors (Lipinski definition) is 3. The fraction of sp³-hybridized carbons (Fsp3) is 0.176. The lowest BCUT2D eigenvalue weighted by atomic mass is 10.3. The highest BCUT2D eigenvalue weighted by Gasteiger charge is 2.14. The van der Waals surface area contributed by atoms with Crippen molar-refractivity contribution >= 4 is 16.9 Å². The second-order valence-corrected chi connectivity index (χ2v) is 4.99. The van der Waals surface area contributed by atoms with Crippen molar-refractivity contribution in [2.45, 2.75) is 19.6 Å². The number of aromatic amines is 1. The van der Waals surface area contributed by atoms with Crippen LogP contribution in [0.3, 0.4) is 0 Å². The number of H-pyrrole nitrogens is 1. The van der Waals surface area contributed by atoms with Gasteiger partial charge in [0.15, 0.2) is 6.10 Å². The molecular formula is C17H17N3O2. The van der Waals surface area contributed by atoms with Gasteiger partial charge in [0.05, 0.1) is 17.6 Å². The Hall–Kier alpha value is -2.82. The van der Waals surface area contributed by atoms with Crippen LogP contribution in [-0.4, -0.2) is 22.0 Å². The average molecular weight is 295 g/mol. The van der Waals surface area contributed by atoms with Gasteiger partial charge in [-0.3, -0.25) is 4.79 Å². The maximum atomic E-state index is 12.1. The molecule has 0 saturated carbocycles. The van der Waals surface area contributed by atoms with Gasteiger partial charge < -0.3 is 15.0 Å². The first-order chi connectivity index (χ1) is 10.7. The number of rotatable bonds is 5. The zero-order valence-electron chi connectivity index (χ0n) is 12.2. The fourth-order valence-electron chi connectivity index (χ4n) is 2.16. The van der Waals surface area contributed by atoms with Crippen LogP contribution in [0, 0.1) is 0 Å². The Morgan fingerprint density at radius 2 is 1.91 bits per heavy atom. The van der Waals surface area contributed by atoms with E-state index < -0.39 is 6.10 Å². The van der Waals surface area contributed by atoms with Gasteiger partial charge in [0.1, 0.15) is 11.6 Å². The Morgan fingerprint density at radius 1 is 1.18 bits per heavy atom. The van der Waals surface area contributed by atoms with Crippen LogP contribution in [0.15, 0.2) is 54.6 Å². The number of fused-ring (bicyclic) bond motifs is 1. The van der Waals surface area contributed by atoms with Gasteiger partial charge in [0.25, 0.3) is 5.91 Å². The van der Waals surface area contributed by atoms with Crippen LogP contribution in [0.2, 0.25) is 0 Å². The van der Waals surface area contributed by atoms with E-state index in [0.29, 0.717) is 12.3 Å². The SMILES string of the molecule is CC(Oc1ccccc1)C(=O)NCc1nc2ccccc2[nH]1. The van der Waals surface area contributed by atoms with Crippen molar-refractivity contribution in [1.29, 1.82) is 0 Å². The molecule has 0 bridgehead atoms. The van der Waals surface area contributed by atoms with Crippen LogP contribution in [0.25, 0.3) is 11.0 Å². The third-order valence-electron chi connectivity index (χ3n) is 3.29. The van der Waals surface area contributed by atoms with Gasteiger partial charge in [-0.15, -0.1) is 0 Å². The first-order valence-corrected chi connectivity index (χ1v) is 7.15. The van der Waals surface area contributed by atoms with Crippen molar-refractivity contribution in [1.82, 2.24) is 15.3 Å². The number of carbonyl (C=O) groups is 1. The molecule has 2 N–H and O–H groups in total. The zero-order valence-corrected chi connectivity index (χ0v) is 12.2. The van der Waals surface area contributed by atoms with E-state index in [2.05, 4.69) is 15.3 Å². The molecule has 0 aliphatic rings. The van der Waals surface area contributed by atoms with E-state index in [-0.39, 0.29) is 5.91 Å². The molecule has 5 heteroatoms. The quantitative estimate of drug-likeness (QED) is 0.760. The maximum Gasteiger partial charge on any atom is 0.261 e. The predicted molar refractivity (Wildman–Crippen MR) is 84.5 cm³/mol. The first kappa shape index (κ1) is 14.1. The molecule has 3 rings (SSSR count). The highest BCUT2D eigenvalue weighted by Crippen LogP contribution is 2.12. The molecule has 0 aliphatic heterocycles. The number of ether oxygens (including phenoxy) is 1. The topological polar surface area (TPSA) is 67.0 Å². The summed E-state index contributed by atoms with van der Waals surface area (Å²) in [6.07, 6.45) is -0.563. The fourth-order valence-corrected chi connectivity index (χ4v) is 2.16. The zero-order chi connectivity index (χ0) is 15.4. The molecule has 1 unspecified atom stereocenters. The molecule has 1 amide bonds. The summed E-state index contributed by atoms with van der Waals surface area (Å²) in [6, 6.07) is 17.0. The van der Waals surface area contributed by atoms with Crippen LogP contribution in [0.1, 0.15) is 12.7 Å². The molecule has 2 aromatic carbocycles. The second kappa shape index (κ2) is 6.30. The van der Waals surface area contributed by atoms with E-state index in [1.54, 1.807) is 6.92 Å². The lowest BCUT2D eigenvalue weighted by molar-refractivity contribution is -0.127. The minimum Gasteiger partial charge on any atom is -0.481 e. The maximum absolute atomic E-state index is 12.1. The second-order valence-electron chi connectivity index (χ2n) is 4.99. The van der Waals surface area contributed by atoms with Crippen molar-refractivity contribution in [3.05, 3.63) is 60.4 Å². The van der Waals surface area contributed by atoms with Crippen molar-refractivity contribution < 1.29 is 9.53 Å². The summed E-state index contributed by atoms with van der Waals surface area (Å²) in [6.45, 7) is 2.07. The normalized spacial score (nSPS) is 12.0. The van der Waals surface area contributed by atoms with Gasteiger partial charge in [-0.2, -0.15) is 0 Å². The summed E-state index contributed by atoms with van der Waals surface area (Å²) < 4.78 is 5.58. The van der Waals surface area contributed by atoms with Crippen LogP contribution in [0.4, 0.5) is 0 Å². The number of hydrogen-bond donors (Lipinski definition) is 2. The molecule has 0 spiro atoms. The van der Waals surface area contributed by atoms with Gasteiger partial charge in [-0.1, -0.05) is 30.3 Å². The van der Waals surface area contributed by atoms with Crippen molar-refractivity contribution in [2.24, 2.45) is 0 Å². The lowest BCUT2D eigenvalue weighted by Gasteiger charge is -2.14. The number of amides is 1. The summed E-state index contributed by atoms with van der Waals surface area (Å²) >= 11 is 0. The van der Waals surface area contributed by atoms with Gasteiger partial charge in [-0.25, -0.2) is 4.98 Å². The van der Waals surface area contributed by atoms with Gasteiger partial charge in [0.2, 0.25) is 0 Å². The highest BCUT2D eigenvalue weighted by molar-refractivity contribution is 5.80. The third kappa shape index (κ3) is 3.25. The van der Waals surface area contributed by atoms with E-state index in [1.165, 1.54) is 0 Å². The van der Waals surface area contributed by atoms with Crippen LogP contribution in [-0.2, 0) is 11.3 Å². The minimum atomic E-state index is -0.563. The number of carbonyl (C=O) groups excluding carboxylic acids is 1. The average Bonchev–Trinajstić information content (AvgIpc) is 2.96. The van der Waals surface area contributed by atoms with Crippen molar-refractivity contribution in [3.8, 4) is 5.75 Å². The summed E-state index contributed by atoms with van der Waals surface area (Å²) in [5.74, 6) is 1.22. The molecule has 1 heterocycles. The number of para-hydroxylation sites is 3. The van der Waals surface area contributed by atoms with E-state index in [4.69, 9.17) is 4.74 Å². The number of imidazole rings is 1. The van der Waals surface area contributed by atoms with Gasteiger partial charge in [0, 0.05) is 0 Å². The molecule has 1 atom stereocenters. The lowest BCUT2D eigenvalue weighted by Crippen LogP contribution is -2.36. The molecule has 3 aromatic rings. The third-order valence-corrected chi connectivity index (χ3v) is 3.29. The smallest absolute Gasteiger partial charge is 0.261 e. The molecule has 0 aliphatic carbocycles. The molecule has 112 valence electrons. The Morgan fingerprint density at radius 3 is 2.68 bits per heavy atom. The molecule has 5 nitrogen and oxygen atoms in total. The molecule has 1 aromatic heterocycles. The molecular weight excluding hydrogens is 278 g/mol. The van der Waals surface area contributed by atoms with Crippen LogP contribution < -0.4 is 10.1 Å². The Kier molecular flexibility index (Phi) is 4.05.